The minimum atomic E-state index is -0.419. The number of anilines is 2. The van der Waals surface area contributed by atoms with Crippen molar-refractivity contribution in [3.8, 4) is 0 Å². The van der Waals surface area contributed by atoms with E-state index in [-0.39, 0.29) is 11.4 Å². The van der Waals surface area contributed by atoms with Crippen LogP contribution in [-0.2, 0) is 9.59 Å². The SMILES string of the molecule is CC(=O)c1ccc(NC(=O)/C(C)=C\C(=O)Nc2cccc3cccnc23)cc1. The number of ketones is 1. The zero-order valence-electron chi connectivity index (χ0n) is 15.5. The number of nitrogens with zero attached hydrogens (tertiary/aromatic N) is 1. The molecule has 3 rings (SSSR count). The first-order chi connectivity index (χ1) is 13.4. The van der Waals surface area contributed by atoms with E-state index in [1.54, 1.807) is 43.5 Å². The van der Waals surface area contributed by atoms with E-state index in [4.69, 9.17) is 0 Å². The minimum Gasteiger partial charge on any atom is -0.322 e. The quantitative estimate of drug-likeness (QED) is 0.523. The molecule has 0 bridgehead atoms. The van der Waals surface area contributed by atoms with Crippen LogP contribution in [0.4, 0.5) is 11.4 Å². The van der Waals surface area contributed by atoms with Crippen LogP contribution in [0.3, 0.4) is 0 Å². The first-order valence-electron chi connectivity index (χ1n) is 8.69. The molecule has 0 aliphatic carbocycles. The maximum atomic E-state index is 12.3. The van der Waals surface area contributed by atoms with Gasteiger partial charge in [-0.25, -0.2) is 0 Å². The van der Waals surface area contributed by atoms with Crippen LogP contribution in [0.2, 0.25) is 0 Å². The average Bonchev–Trinajstić information content (AvgIpc) is 2.68. The first-order valence-corrected chi connectivity index (χ1v) is 8.69. The molecule has 0 fully saturated rings. The molecule has 0 aliphatic rings. The number of pyridine rings is 1. The van der Waals surface area contributed by atoms with Crippen molar-refractivity contribution in [2.75, 3.05) is 10.6 Å². The number of fused-ring (bicyclic) bond motifs is 1. The van der Waals surface area contributed by atoms with Crippen LogP contribution >= 0.6 is 0 Å². The molecule has 0 radical (unpaired) electrons. The molecule has 0 aliphatic heterocycles. The monoisotopic (exact) mass is 373 g/mol. The fourth-order valence-electron chi connectivity index (χ4n) is 2.65. The van der Waals surface area contributed by atoms with E-state index in [0.29, 0.717) is 22.5 Å². The third-order valence-electron chi connectivity index (χ3n) is 4.15. The number of rotatable bonds is 5. The number of benzene rings is 2. The van der Waals surface area contributed by atoms with E-state index in [1.165, 1.54) is 13.0 Å². The van der Waals surface area contributed by atoms with Crippen LogP contribution in [0, 0.1) is 0 Å². The highest BCUT2D eigenvalue weighted by Gasteiger charge is 2.10. The lowest BCUT2D eigenvalue weighted by Crippen LogP contribution is -2.16. The van der Waals surface area contributed by atoms with Gasteiger partial charge < -0.3 is 10.6 Å². The molecule has 1 heterocycles. The largest absolute Gasteiger partial charge is 0.322 e. The first kappa shape index (κ1) is 19.0. The Bertz CT molecular complexity index is 1080. The average molecular weight is 373 g/mol. The Balaban J connectivity index is 1.68. The molecule has 6 nitrogen and oxygen atoms in total. The summed E-state index contributed by atoms with van der Waals surface area (Å²) in [6.07, 6.45) is 2.89. The molecule has 1 aromatic heterocycles. The van der Waals surface area contributed by atoms with Gasteiger partial charge in [0, 0.05) is 34.5 Å². The minimum absolute atomic E-state index is 0.0476. The number of aromatic nitrogens is 1. The van der Waals surface area contributed by atoms with Gasteiger partial charge in [-0.15, -0.1) is 0 Å². The van der Waals surface area contributed by atoms with Crippen LogP contribution in [0.25, 0.3) is 10.9 Å². The van der Waals surface area contributed by atoms with Crippen LogP contribution in [0.1, 0.15) is 24.2 Å². The van der Waals surface area contributed by atoms with Gasteiger partial charge in [-0.1, -0.05) is 18.2 Å². The summed E-state index contributed by atoms with van der Waals surface area (Å²) in [7, 11) is 0. The van der Waals surface area contributed by atoms with Crippen molar-refractivity contribution in [3.63, 3.8) is 0 Å². The lowest BCUT2D eigenvalue weighted by Gasteiger charge is -2.08. The molecule has 0 saturated carbocycles. The fraction of sp³-hybridized carbons (Fsp3) is 0.0909. The number of Topliss-reactive ketones (excluding diaryl/α,β-unsaturated/α-hetero) is 1. The molecule has 28 heavy (non-hydrogen) atoms. The van der Waals surface area contributed by atoms with Crippen molar-refractivity contribution in [1.29, 1.82) is 0 Å². The van der Waals surface area contributed by atoms with Crippen LogP contribution in [0.5, 0.6) is 0 Å². The van der Waals surface area contributed by atoms with Crippen molar-refractivity contribution in [2.24, 2.45) is 0 Å². The van der Waals surface area contributed by atoms with Gasteiger partial charge in [-0.2, -0.15) is 0 Å². The maximum Gasteiger partial charge on any atom is 0.251 e. The smallest absolute Gasteiger partial charge is 0.251 e. The highest BCUT2D eigenvalue weighted by atomic mass is 16.2. The third kappa shape index (κ3) is 4.48. The third-order valence-corrected chi connectivity index (χ3v) is 4.15. The molecule has 2 N–H and O–H groups in total. The van der Waals surface area contributed by atoms with Gasteiger partial charge in [0.1, 0.15) is 0 Å². The second-order valence-corrected chi connectivity index (χ2v) is 6.28. The second kappa shape index (κ2) is 8.26. The molecule has 0 saturated heterocycles. The van der Waals surface area contributed by atoms with Gasteiger partial charge in [-0.3, -0.25) is 19.4 Å². The summed E-state index contributed by atoms with van der Waals surface area (Å²) in [4.78, 5) is 40.2. The number of para-hydroxylation sites is 1. The van der Waals surface area contributed by atoms with Gasteiger partial charge in [-0.05, 0) is 50.2 Å². The number of hydrogen-bond acceptors (Lipinski definition) is 4. The van der Waals surface area contributed by atoms with Gasteiger partial charge in [0.05, 0.1) is 11.2 Å². The van der Waals surface area contributed by atoms with Gasteiger partial charge >= 0.3 is 0 Å². The number of nitrogens with one attached hydrogen (secondary N) is 2. The topological polar surface area (TPSA) is 88.2 Å². The number of carbonyl (C=O) groups is 3. The summed E-state index contributed by atoms with van der Waals surface area (Å²) in [6.45, 7) is 3.03. The van der Waals surface area contributed by atoms with Crippen LogP contribution in [-0.4, -0.2) is 22.6 Å². The van der Waals surface area contributed by atoms with Gasteiger partial charge in [0.25, 0.3) is 5.91 Å². The predicted molar refractivity (Wildman–Crippen MR) is 109 cm³/mol. The van der Waals surface area contributed by atoms with Gasteiger partial charge in [0.2, 0.25) is 5.91 Å². The van der Waals surface area contributed by atoms with Crippen LogP contribution in [0.15, 0.2) is 72.4 Å². The van der Waals surface area contributed by atoms with E-state index in [1.807, 2.05) is 24.3 Å². The van der Waals surface area contributed by atoms with Crippen molar-refractivity contribution >= 4 is 39.9 Å². The molecule has 0 spiro atoms. The number of carbonyl (C=O) groups excluding carboxylic acids is 3. The Hall–Kier alpha value is -3.80. The standard InChI is InChI=1S/C22H19N3O3/c1-14(22(28)24-18-10-8-16(9-11-18)15(2)26)13-20(27)25-19-7-3-5-17-6-4-12-23-21(17)19/h3-13H,1-2H3,(H,24,28)(H,25,27)/b14-13-. The Morgan fingerprint density at radius 1 is 0.893 bits per heavy atom. The van der Waals surface area contributed by atoms with Crippen molar-refractivity contribution in [1.82, 2.24) is 4.98 Å². The maximum absolute atomic E-state index is 12.3. The normalized spacial score (nSPS) is 11.1. The lowest BCUT2D eigenvalue weighted by atomic mass is 10.1. The fourth-order valence-corrected chi connectivity index (χ4v) is 2.65. The lowest BCUT2D eigenvalue weighted by molar-refractivity contribution is -0.114. The van der Waals surface area contributed by atoms with E-state index >= 15 is 0 Å². The molecule has 0 atom stereocenters. The van der Waals surface area contributed by atoms with E-state index < -0.39 is 11.8 Å². The summed E-state index contributed by atoms with van der Waals surface area (Å²) in [6, 6.07) is 15.8. The Labute approximate surface area is 162 Å². The molecular weight excluding hydrogens is 354 g/mol. The zero-order chi connectivity index (χ0) is 20.1. The molecule has 3 aromatic rings. The Morgan fingerprint density at radius 2 is 1.61 bits per heavy atom. The van der Waals surface area contributed by atoms with Crippen LogP contribution < -0.4 is 10.6 Å². The zero-order valence-corrected chi connectivity index (χ0v) is 15.5. The predicted octanol–water partition coefficient (Wildman–Crippen LogP) is 3.96. The van der Waals surface area contributed by atoms with Crippen molar-refractivity contribution < 1.29 is 14.4 Å². The molecule has 2 amide bonds. The molecule has 140 valence electrons. The molecule has 0 unspecified atom stereocenters. The molecule has 6 heteroatoms. The van der Waals surface area contributed by atoms with Crippen molar-refractivity contribution in [3.05, 3.63) is 78.0 Å². The molecule has 2 aromatic carbocycles. The Kier molecular flexibility index (Phi) is 5.60. The van der Waals surface area contributed by atoms with E-state index in [9.17, 15) is 14.4 Å². The summed E-state index contributed by atoms with van der Waals surface area (Å²) in [5.41, 5.74) is 2.61. The summed E-state index contributed by atoms with van der Waals surface area (Å²) in [5.74, 6) is -0.868. The van der Waals surface area contributed by atoms with E-state index in [2.05, 4.69) is 15.6 Å². The number of hydrogen-bond donors (Lipinski definition) is 2. The highest BCUT2D eigenvalue weighted by Crippen LogP contribution is 2.20. The Morgan fingerprint density at radius 3 is 2.32 bits per heavy atom. The summed E-state index contributed by atoms with van der Waals surface area (Å²) < 4.78 is 0. The summed E-state index contributed by atoms with van der Waals surface area (Å²) >= 11 is 0. The van der Waals surface area contributed by atoms with E-state index in [0.717, 1.165) is 5.39 Å². The number of amides is 2. The van der Waals surface area contributed by atoms with Gasteiger partial charge in [0.15, 0.2) is 5.78 Å². The molecular formula is C22H19N3O3. The van der Waals surface area contributed by atoms with Crippen molar-refractivity contribution in [2.45, 2.75) is 13.8 Å². The summed E-state index contributed by atoms with van der Waals surface area (Å²) in [5, 5.41) is 6.36. The second-order valence-electron chi connectivity index (χ2n) is 6.28. The highest BCUT2D eigenvalue weighted by molar-refractivity contribution is 6.11.